The van der Waals surface area contributed by atoms with E-state index in [0.29, 0.717) is 6.04 Å². The fourth-order valence-corrected chi connectivity index (χ4v) is 3.28. The van der Waals surface area contributed by atoms with Crippen molar-refractivity contribution in [1.82, 2.24) is 9.88 Å². The molecule has 0 radical (unpaired) electrons. The smallest absolute Gasteiger partial charge is 0.143 e. The Morgan fingerprint density at radius 3 is 2.95 bits per heavy atom. The second-order valence-corrected chi connectivity index (χ2v) is 5.48. The Balaban J connectivity index is 2.10. The molecule has 1 aromatic carbocycles. The molecule has 0 aliphatic carbocycles. The van der Waals surface area contributed by atoms with Gasteiger partial charge in [0.15, 0.2) is 0 Å². The summed E-state index contributed by atoms with van der Waals surface area (Å²) in [6, 6.07) is 6.98. The van der Waals surface area contributed by atoms with Gasteiger partial charge in [-0.3, -0.25) is 0 Å². The molecule has 3 heteroatoms. The van der Waals surface area contributed by atoms with E-state index in [-0.39, 0.29) is 0 Å². The van der Waals surface area contributed by atoms with Crippen molar-refractivity contribution in [2.75, 3.05) is 13.7 Å². The van der Waals surface area contributed by atoms with Gasteiger partial charge in [-0.1, -0.05) is 12.1 Å². The van der Waals surface area contributed by atoms with Crippen molar-refractivity contribution in [2.45, 2.75) is 32.2 Å². The van der Waals surface area contributed by atoms with Gasteiger partial charge in [-0.05, 0) is 44.4 Å². The van der Waals surface area contributed by atoms with Gasteiger partial charge in [0.05, 0.1) is 12.6 Å². The van der Waals surface area contributed by atoms with E-state index in [0.717, 1.165) is 18.7 Å². The van der Waals surface area contributed by atoms with Gasteiger partial charge >= 0.3 is 0 Å². The average molecular weight is 258 g/mol. The third kappa shape index (κ3) is 2.02. The molecule has 1 unspecified atom stereocenters. The Bertz CT molecular complexity index is 594. The number of aryl methyl sites for hydroxylation is 1. The predicted octanol–water partition coefficient (Wildman–Crippen LogP) is 2.79. The molecule has 0 spiro atoms. The minimum atomic E-state index is 0.635. The summed E-state index contributed by atoms with van der Waals surface area (Å²) in [6.45, 7) is 3.38. The molecule has 1 aromatic heterocycles. The van der Waals surface area contributed by atoms with Crippen molar-refractivity contribution in [2.24, 2.45) is 7.05 Å². The van der Waals surface area contributed by atoms with Crippen LogP contribution >= 0.6 is 0 Å². The van der Waals surface area contributed by atoms with Crippen LogP contribution in [-0.4, -0.2) is 24.3 Å². The maximum Gasteiger partial charge on any atom is 0.143 e. The summed E-state index contributed by atoms with van der Waals surface area (Å²) in [5, 5.41) is 4.94. The lowest BCUT2D eigenvalue weighted by atomic mass is 10.0. The summed E-state index contributed by atoms with van der Waals surface area (Å²) in [7, 11) is 3.88. The van der Waals surface area contributed by atoms with Crippen molar-refractivity contribution in [3.63, 3.8) is 0 Å². The molecule has 102 valence electrons. The highest BCUT2D eigenvalue weighted by Crippen LogP contribution is 2.33. The molecule has 0 amide bonds. The first-order chi connectivity index (χ1) is 9.22. The Labute approximate surface area is 114 Å². The highest BCUT2D eigenvalue weighted by atomic mass is 16.5. The van der Waals surface area contributed by atoms with Gasteiger partial charge in [0.2, 0.25) is 0 Å². The number of aromatic nitrogens is 1. The number of fused-ring (bicyclic) bond motifs is 1. The first kappa shape index (κ1) is 12.5. The van der Waals surface area contributed by atoms with Crippen molar-refractivity contribution in [3.05, 3.63) is 29.5 Å². The maximum absolute atomic E-state index is 5.51. The topological polar surface area (TPSA) is 26.2 Å². The lowest BCUT2D eigenvalue weighted by molar-refractivity contribution is 0.418. The summed E-state index contributed by atoms with van der Waals surface area (Å²) >= 11 is 0. The quantitative estimate of drug-likeness (QED) is 0.916. The van der Waals surface area contributed by atoms with Crippen LogP contribution in [-0.2, 0) is 13.5 Å². The second-order valence-electron chi connectivity index (χ2n) is 5.48. The Morgan fingerprint density at radius 2 is 2.26 bits per heavy atom. The van der Waals surface area contributed by atoms with Crippen molar-refractivity contribution in [3.8, 4) is 5.75 Å². The molecule has 19 heavy (non-hydrogen) atoms. The highest BCUT2D eigenvalue weighted by Gasteiger charge is 2.20. The monoisotopic (exact) mass is 258 g/mol. The number of rotatable bonds is 3. The van der Waals surface area contributed by atoms with Crippen molar-refractivity contribution >= 4 is 10.9 Å². The number of ether oxygens (including phenoxy) is 1. The van der Waals surface area contributed by atoms with Crippen molar-refractivity contribution in [1.29, 1.82) is 0 Å². The third-order valence-corrected chi connectivity index (χ3v) is 4.43. The fraction of sp³-hybridized carbons (Fsp3) is 0.500. The molecule has 1 N–H and O–H groups in total. The Kier molecular flexibility index (Phi) is 3.23. The first-order valence-corrected chi connectivity index (χ1v) is 7.06. The van der Waals surface area contributed by atoms with E-state index in [9.17, 15) is 0 Å². The van der Waals surface area contributed by atoms with E-state index in [1.807, 2.05) is 6.07 Å². The Hall–Kier alpha value is -1.48. The van der Waals surface area contributed by atoms with Gasteiger partial charge in [-0.15, -0.1) is 0 Å². The van der Waals surface area contributed by atoms with Gasteiger partial charge in [0.25, 0.3) is 0 Å². The number of methoxy groups -OCH3 is 1. The lowest BCUT2D eigenvalue weighted by Crippen LogP contribution is -2.23. The lowest BCUT2D eigenvalue weighted by Gasteiger charge is -2.10. The molecule has 0 bridgehead atoms. The largest absolute Gasteiger partial charge is 0.495 e. The zero-order valence-electron chi connectivity index (χ0n) is 12.0. The van der Waals surface area contributed by atoms with Crippen LogP contribution < -0.4 is 10.1 Å². The molecule has 1 aliphatic rings. The third-order valence-electron chi connectivity index (χ3n) is 4.43. The SMILES string of the molecule is COc1cccc2c(CC3CCCN3)c(C)n(C)c12. The van der Waals surface area contributed by atoms with Gasteiger partial charge in [0.1, 0.15) is 5.75 Å². The van der Waals surface area contributed by atoms with Crippen LogP contribution in [0.25, 0.3) is 10.9 Å². The zero-order chi connectivity index (χ0) is 13.4. The van der Waals surface area contributed by atoms with E-state index in [4.69, 9.17) is 4.74 Å². The number of nitrogens with one attached hydrogen (secondary N) is 1. The number of benzene rings is 1. The summed E-state index contributed by atoms with van der Waals surface area (Å²) in [5.41, 5.74) is 4.04. The van der Waals surface area contributed by atoms with Crippen LogP contribution in [0.3, 0.4) is 0 Å². The van der Waals surface area contributed by atoms with E-state index >= 15 is 0 Å². The second kappa shape index (κ2) is 4.89. The summed E-state index contributed by atoms with van der Waals surface area (Å²) in [5.74, 6) is 0.966. The molecule has 1 aliphatic heterocycles. The van der Waals surface area contributed by atoms with Crippen LogP contribution in [0, 0.1) is 6.92 Å². The molecule has 1 atom stereocenters. The number of hydrogen-bond donors (Lipinski definition) is 1. The van der Waals surface area contributed by atoms with Crippen LogP contribution in [0.5, 0.6) is 5.75 Å². The van der Waals surface area contributed by atoms with E-state index < -0.39 is 0 Å². The molecule has 0 saturated carbocycles. The molecule has 3 nitrogen and oxygen atoms in total. The zero-order valence-corrected chi connectivity index (χ0v) is 12.0. The molecular formula is C16H22N2O. The predicted molar refractivity (Wildman–Crippen MR) is 78.9 cm³/mol. The number of nitrogens with zero attached hydrogens (tertiary/aromatic N) is 1. The van der Waals surface area contributed by atoms with Crippen LogP contribution in [0.4, 0.5) is 0 Å². The first-order valence-electron chi connectivity index (χ1n) is 7.06. The minimum Gasteiger partial charge on any atom is -0.495 e. The highest BCUT2D eigenvalue weighted by molar-refractivity contribution is 5.90. The number of para-hydroxylation sites is 1. The van der Waals surface area contributed by atoms with E-state index in [1.54, 1.807) is 7.11 Å². The van der Waals surface area contributed by atoms with Gasteiger partial charge in [-0.25, -0.2) is 0 Å². The van der Waals surface area contributed by atoms with Crippen LogP contribution in [0.15, 0.2) is 18.2 Å². The summed E-state index contributed by atoms with van der Waals surface area (Å²) < 4.78 is 7.77. The summed E-state index contributed by atoms with van der Waals surface area (Å²) in [6.07, 6.45) is 3.72. The standard InChI is InChI=1S/C16H22N2O/c1-11-14(10-12-6-5-9-17-12)13-7-4-8-15(19-3)16(13)18(11)2/h4,7-8,12,17H,5-6,9-10H2,1-3H3. The van der Waals surface area contributed by atoms with Crippen molar-refractivity contribution < 1.29 is 4.74 Å². The van der Waals surface area contributed by atoms with E-state index in [2.05, 4.69) is 36.0 Å². The molecular weight excluding hydrogens is 236 g/mol. The van der Waals surface area contributed by atoms with Crippen LogP contribution in [0.1, 0.15) is 24.1 Å². The minimum absolute atomic E-state index is 0.635. The van der Waals surface area contributed by atoms with Gasteiger partial charge in [0, 0.05) is 24.2 Å². The van der Waals surface area contributed by atoms with Gasteiger partial charge < -0.3 is 14.6 Å². The van der Waals surface area contributed by atoms with E-state index in [1.165, 1.54) is 35.0 Å². The number of hydrogen-bond acceptors (Lipinski definition) is 2. The molecule has 1 fully saturated rings. The molecule has 3 rings (SSSR count). The molecule has 1 saturated heterocycles. The molecule has 2 aromatic rings. The molecule has 2 heterocycles. The summed E-state index contributed by atoms with van der Waals surface area (Å²) in [4.78, 5) is 0. The normalized spacial score (nSPS) is 19.2. The maximum atomic E-state index is 5.51. The van der Waals surface area contributed by atoms with Crippen LogP contribution in [0.2, 0.25) is 0 Å². The average Bonchev–Trinajstić information content (AvgIpc) is 3.02. The fourth-order valence-electron chi connectivity index (χ4n) is 3.28. The van der Waals surface area contributed by atoms with Gasteiger partial charge in [-0.2, -0.15) is 0 Å². The Morgan fingerprint density at radius 1 is 1.42 bits per heavy atom.